The highest BCUT2D eigenvalue weighted by Crippen LogP contribution is 2.26. The third-order valence-corrected chi connectivity index (χ3v) is 3.59. The predicted molar refractivity (Wildman–Crippen MR) is 82.6 cm³/mol. The Labute approximate surface area is 125 Å². The molecule has 0 unspecified atom stereocenters. The van der Waals surface area contributed by atoms with Crippen molar-refractivity contribution in [2.24, 2.45) is 0 Å². The van der Waals surface area contributed by atoms with Gasteiger partial charge in [0.25, 0.3) is 0 Å². The Morgan fingerprint density at radius 2 is 1.95 bits per heavy atom. The number of hydrogen-bond donors (Lipinski definition) is 2. The third kappa shape index (κ3) is 3.61. The highest BCUT2D eigenvalue weighted by atomic mass is 16.4. The number of rotatable bonds is 4. The van der Waals surface area contributed by atoms with Gasteiger partial charge in [-0.3, -0.25) is 0 Å². The van der Waals surface area contributed by atoms with Gasteiger partial charge in [-0.2, -0.15) is 0 Å². The van der Waals surface area contributed by atoms with Crippen LogP contribution in [0.25, 0.3) is 0 Å². The predicted octanol–water partition coefficient (Wildman–Crippen LogP) is 3.19. The van der Waals surface area contributed by atoms with Gasteiger partial charge in [-0.1, -0.05) is 11.2 Å². The lowest BCUT2D eigenvalue weighted by Gasteiger charge is -2.18. The number of aromatic nitrogens is 2. The van der Waals surface area contributed by atoms with Crippen molar-refractivity contribution in [3.05, 3.63) is 35.2 Å². The Morgan fingerprint density at radius 1 is 1.14 bits per heavy atom. The van der Waals surface area contributed by atoms with E-state index in [0.29, 0.717) is 18.5 Å². The first-order valence-corrected chi connectivity index (χ1v) is 7.46. The highest BCUT2D eigenvalue weighted by molar-refractivity contribution is 5.55. The molecule has 0 radical (unpaired) electrons. The van der Waals surface area contributed by atoms with Crippen molar-refractivity contribution < 1.29 is 4.42 Å². The molecule has 2 aromatic rings. The van der Waals surface area contributed by atoms with E-state index in [9.17, 15) is 0 Å². The van der Waals surface area contributed by atoms with Gasteiger partial charge < -0.3 is 15.1 Å². The Bertz CT molecular complexity index is 627. The maximum Gasteiger partial charge on any atom is 0.320 e. The monoisotopic (exact) mass is 286 g/mol. The van der Waals surface area contributed by atoms with Gasteiger partial charge >= 0.3 is 6.01 Å². The first-order chi connectivity index (χ1) is 9.99. The van der Waals surface area contributed by atoms with Crippen LogP contribution in [0.2, 0.25) is 0 Å². The molecule has 0 saturated carbocycles. The van der Waals surface area contributed by atoms with Gasteiger partial charge in [-0.05, 0) is 63.3 Å². The second kappa shape index (κ2) is 5.48. The summed E-state index contributed by atoms with van der Waals surface area (Å²) in [6, 6.07) is 6.88. The number of hydrogen-bond acceptors (Lipinski definition) is 5. The number of nitrogens with zero attached hydrogens (tertiary/aromatic N) is 2. The highest BCUT2D eigenvalue weighted by Gasteiger charge is 2.14. The molecule has 0 aliphatic heterocycles. The first kappa shape index (κ1) is 14.1. The van der Waals surface area contributed by atoms with Gasteiger partial charge in [0.05, 0.1) is 6.54 Å². The summed E-state index contributed by atoms with van der Waals surface area (Å²) < 4.78 is 5.61. The van der Waals surface area contributed by atoms with E-state index < -0.39 is 0 Å². The molecule has 0 atom stereocenters. The van der Waals surface area contributed by atoms with Crippen molar-refractivity contribution in [1.82, 2.24) is 15.5 Å². The van der Waals surface area contributed by atoms with Crippen LogP contribution in [0.3, 0.4) is 0 Å². The molecule has 0 bridgehead atoms. The number of fused-ring (bicyclic) bond motifs is 1. The standard InChI is InChI=1S/C16H22N4O/c1-16(2,3)17-10-14-19-20-15(21-14)18-13-8-7-11-5-4-6-12(11)9-13/h7-9,17H,4-6,10H2,1-3H3,(H,18,20). The molecule has 5 nitrogen and oxygen atoms in total. The number of benzene rings is 1. The molecule has 1 aliphatic carbocycles. The van der Waals surface area contributed by atoms with Crippen molar-refractivity contribution in [2.45, 2.75) is 52.1 Å². The Balaban J connectivity index is 1.64. The van der Waals surface area contributed by atoms with Crippen LogP contribution in [0, 0.1) is 0 Å². The molecule has 1 heterocycles. The Kier molecular flexibility index (Phi) is 3.68. The van der Waals surface area contributed by atoms with E-state index >= 15 is 0 Å². The minimum absolute atomic E-state index is 0.0298. The molecule has 0 amide bonds. The van der Waals surface area contributed by atoms with E-state index in [1.54, 1.807) is 0 Å². The van der Waals surface area contributed by atoms with Crippen LogP contribution in [-0.2, 0) is 19.4 Å². The molecule has 0 fully saturated rings. The van der Waals surface area contributed by atoms with Gasteiger partial charge in [0.1, 0.15) is 0 Å². The fourth-order valence-corrected chi connectivity index (χ4v) is 2.49. The summed E-state index contributed by atoms with van der Waals surface area (Å²) in [6.45, 7) is 6.88. The molecule has 1 aliphatic rings. The van der Waals surface area contributed by atoms with Crippen molar-refractivity contribution in [2.75, 3.05) is 5.32 Å². The van der Waals surface area contributed by atoms with Gasteiger partial charge in [-0.15, -0.1) is 5.10 Å². The lowest BCUT2D eigenvalue weighted by molar-refractivity contribution is 0.384. The van der Waals surface area contributed by atoms with Crippen molar-refractivity contribution in [1.29, 1.82) is 0 Å². The second-order valence-electron chi connectivity index (χ2n) is 6.57. The van der Waals surface area contributed by atoms with E-state index in [1.807, 2.05) is 0 Å². The van der Waals surface area contributed by atoms with E-state index in [0.717, 1.165) is 12.1 Å². The summed E-state index contributed by atoms with van der Waals surface area (Å²) >= 11 is 0. The molecule has 0 saturated heterocycles. The van der Waals surface area contributed by atoms with Crippen LogP contribution in [0.1, 0.15) is 44.2 Å². The van der Waals surface area contributed by atoms with Crippen molar-refractivity contribution >= 4 is 11.7 Å². The summed E-state index contributed by atoms with van der Waals surface area (Å²) in [5.41, 5.74) is 3.92. The molecular formula is C16H22N4O. The Hall–Kier alpha value is -1.88. The summed E-state index contributed by atoms with van der Waals surface area (Å²) in [5.74, 6) is 0.591. The van der Waals surface area contributed by atoms with E-state index in [-0.39, 0.29) is 5.54 Å². The zero-order chi connectivity index (χ0) is 14.9. The summed E-state index contributed by atoms with van der Waals surface area (Å²) in [5, 5.41) is 14.6. The summed E-state index contributed by atoms with van der Waals surface area (Å²) in [4.78, 5) is 0. The number of nitrogens with one attached hydrogen (secondary N) is 2. The molecule has 21 heavy (non-hydrogen) atoms. The normalized spacial score (nSPS) is 14.2. The zero-order valence-electron chi connectivity index (χ0n) is 12.9. The van der Waals surface area contributed by atoms with Crippen LogP contribution in [0.5, 0.6) is 0 Å². The van der Waals surface area contributed by atoms with Gasteiger partial charge in [0, 0.05) is 11.2 Å². The molecule has 3 rings (SSSR count). The van der Waals surface area contributed by atoms with Gasteiger partial charge in [0.15, 0.2) is 0 Å². The Morgan fingerprint density at radius 3 is 2.76 bits per heavy atom. The fourth-order valence-electron chi connectivity index (χ4n) is 2.49. The van der Waals surface area contributed by atoms with Crippen molar-refractivity contribution in [3.8, 4) is 0 Å². The zero-order valence-corrected chi connectivity index (χ0v) is 12.9. The quantitative estimate of drug-likeness (QED) is 0.903. The topological polar surface area (TPSA) is 63.0 Å². The number of anilines is 2. The van der Waals surface area contributed by atoms with Crippen LogP contribution in [-0.4, -0.2) is 15.7 Å². The van der Waals surface area contributed by atoms with E-state index in [1.165, 1.54) is 24.0 Å². The SMILES string of the molecule is CC(C)(C)NCc1nnc(Nc2ccc3c(c2)CCC3)o1. The van der Waals surface area contributed by atoms with Crippen LogP contribution in [0.4, 0.5) is 11.7 Å². The average molecular weight is 286 g/mol. The van der Waals surface area contributed by atoms with E-state index in [2.05, 4.69) is 59.8 Å². The van der Waals surface area contributed by atoms with Gasteiger partial charge in [-0.25, -0.2) is 0 Å². The second-order valence-corrected chi connectivity index (χ2v) is 6.57. The van der Waals surface area contributed by atoms with E-state index in [4.69, 9.17) is 4.42 Å². The third-order valence-electron chi connectivity index (χ3n) is 3.59. The fraction of sp³-hybridized carbons (Fsp3) is 0.500. The molecule has 0 spiro atoms. The molecular weight excluding hydrogens is 264 g/mol. The maximum atomic E-state index is 5.61. The molecule has 5 heteroatoms. The summed E-state index contributed by atoms with van der Waals surface area (Å²) in [6.07, 6.45) is 3.61. The lowest BCUT2D eigenvalue weighted by Crippen LogP contribution is -2.35. The van der Waals surface area contributed by atoms with Crippen molar-refractivity contribution in [3.63, 3.8) is 0 Å². The number of aryl methyl sites for hydroxylation is 2. The molecule has 112 valence electrons. The lowest BCUT2D eigenvalue weighted by atomic mass is 10.1. The van der Waals surface area contributed by atoms with Gasteiger partial charge in [0.2, 0.25) is 5.89 Å². The van der Waals surface area contributed by atoms with Crippen LogP contribution < -0.4 is 10.6 Å². The largest absolute Gasteiger partial charge is 0.406 e. The average Bonchev–Trinajstić information content (AvgIpc) is 3.04. The molecule has 1 aromatic carbocycles. The maximum absolute atomic E-state index is 5.61. The summed E-state index contributed by atoms with van der Waals surface area (Å²) in [7, 11) is 0. The van der Waals surface area contributed by atoms with Crippen LogP contribution in [0.15, 0.2) is 22.6 Å². The minimum Gasteiger partial charge on any atom is -0.406 e. The minimum atomic E-state index is 0.0298. The molecule has 1 aromatic heterocycles. The first-order valence-electron chi connectivity index (χ1n) is 7.46. The smallest absolute Gasteiger partial charge is 0.320 e. The van der Waals surface area contributed by atoms with Crippen LogP contribution >= 0.6 is 0 Å². The molecule has 2 N–H and O–H groups in total.